The molecular formula is C22H19N3O2S. The lowest BCUT2D eigenvalue weighted by molar-refractivity contribution is 0.432. The van der Waals surface area contributed by atoms with Crippen LogP contribution in [0.4, 0.5) is 5.69 Å². The van der Waals surface area contributed by atoms with Crippen molar-refractivity contribution in [3.8, 4) is 11.6 Å². The summed E-state index contributed by atoms with van der Waals surface area (Å²) < 4.78 is 1.60. The zero-order chi connectivity index (χ0) is 19.8. The molecule has 0 spiro atoms. The number of para-hydroxylation sites is 1. The lowest BCUT2D eigenvalue weighted by atomic mass is 10.0. The van der Waals surface area contributed by atoms with Crippen LogP contribution in [0.1, 0.15) is 29.2 Å². The standard InChI is InChI=1S/C22H19N3O2S/c1-3-14-5-4-6-17-15(12-23-19(14)17)11-18-20(26)24-22(28)25(21(18)27)16-9-7-13(2)8-10-16/h4-12,27H,3H2,1-2H3,(H,24,26,28). The Morgan fingerprint density at radius 1 is 1.21 bits per heavy atom. The van der Waals surface area contributed by atoms with E-state index in [2.05, 4.69) is 16.9 Å². The first-order valence-corrected chi connectivity index (χ1v) is 9.43. The van der Waals surface area contributed by atoms with Crippen molar-refractivity contribution in [1.29, 1.82) is 0 Å². The van der Waals surface area contributed by atoms with Crippen LogP contribution in [0.15, 0.2) is 52.3 Å². The van der Waals surface area contributed by atoms with Crippen molar-refractivity contribution in [3.05, 3.63) is 79.8 Å². The molecule has 0 atom stereocenters. The van der Waals surface area contributed by atoms with Crippen LogP contribution in [0.3, 0.4) is 0 Å². The molecule has 0 aliphatic carbocycles. The molecular weight excluding hydrogens is 370 g/mol. The number of H-pyrrole nitrogens is 1. The largest absolute Gasteiger partial charge is 0.494 e. The summed E-state index contributed by atoms with van der Waals surface area (Å²) >= 11 is 5.28. The second kappa shape index (κ2) is 7.05. The highest BCUT2D eigenvalue weighted by Gasteiger charge is 2.18. The van der Waals surface area contributed by atoms with E-state index < -0.39 is 5.56 Å². The van der Waals surface area contributed by atoms with E-state index >= 15 is 0 Å². The van der Waals surface area contributed by atoms with E-state index in [1.54, 1.807) is 12.3 Å². The molecule has 2 heterocycles. The van der Waals surface area contributed by atoms with Gasteiger partial charge in [0.05, 0.1) is 11.4 Å². The fraction of sp³-hybridized carbons (Fsp3) is 0.136. The fourth-order valence-electron chi connectivity index (χ4n) is 3.34. The van der Waals surface area contributed by atoms with Crippen LogP contribution in [-0.4, -0.2) is 20.9 Å². The maximum atomic E-state index is 12.5. The molecule has 4 rings (SSSR count). The Kier molecular flexibility index (Phi) is 4.57. The van der Waals surface area contributed by atoms with Gasteiger partial charge in [-0.25, -0.2) is 0 Å². The van der Waals surface area contributed by atoms with Crippen LogP contribution < -0.4 is 5.56 Å². The van der Waals surface area contributed by atoms with Crippen molar-refractivity contribution in [1.82, 2.24) is 9.55 Å². The van der Waals surface area contributed by atoms with Crippen LogP contribution >= 0.6 is 12.2 Å². The van der Waals surface area contributed by atoms with Gasteiger partial charge in [-0.05, 0) is 49.3 Å². The summed E-state index contributed by atoms with van der Waals surface area (Å²) in [6.45, 7) is 4.06. The Morgan fingerprint density at radius 3 is 2.68 bits per heavy atom. The van der Waals surface area contributed by atoms with E-state index in [1.807, 2.05) is 49.4 Å². The highest BCUT2D eigenvalue weighted by Crippen LogP contribution is 2.36. The number of aliphatic imine (C=N–C) groups is 1. The van der Waals surface area contributed by atoms with E-state index in [-0.39, 0.29) is 16.2 Å². The van der Waals surface area contributed by atoms with Crippen LogP contribution in [0, 0.1) is 11.7 Å². The van der Waals surface area contributed by atoms with Crippen molar-refractivity contribution in [2.45, 2.75) is 20.3 Å². The van der Waals surface area contributed by atoms with Gasteiger partial charge in [0.15, 0.2) is 4.77 Å². The summed E-state index contributed by atoms with van der Waals surface area (Å²) in [5, 5.41) is 10.9. The second-order valence-corrected chi connectivity index (χ2v) is 7.08. The van der Waals surface area contributed by atoms with E-state index in [0.29, 0.717) is 5.69 Å². The lowest BCUT2D eigenvalue weighted by Gasteiger charge is -2.12. The van der Waals surface area contributed by atoms with Crippen molar-refractivity contribution < 1.29 is 5.11 Å². The highest BCUT2D eigenvalue weighted by atomic mass is 32.1. The number of hydrogen-bond acceptors (Lipinski definition) is 4. The fourth-order valence-corrected chi connectivity index (χ4v) is 3.62. The quantitative estimate of drug-likeness (QED) is 0.636. The summed E-state index contributed by atoms with van der Waals surface area (Å²) in [7, 11) is 0. The van der Waals surface area contributed by atoms with Gasteiger partial charge in [-0.2, -0.15) is 0 Å². The maximum Gasteiger partial charge on any atom is 0.262 e. The third-order valence-electron chi connectivity index (χ3n) is 4.86. The normalized spacial score (nSPS) is 13.9. The summed E-state index contributed by atoms with van der Waals surface area (Å²) in [6.07, 6.45) is 4.25. The van der Waals surface area contributed by atoms with E-state index in [4.69, 9.17) is 12.2 Å². The van der Waals surface area contributed by atoms with Gasteiger partial charge in [-0.3, -0.25) is 19.3 Å². The zero-order valence-electron chi connectivity index (χ0n) is 15.6. The maximum absolute atomic E-state index is 12.5. The first kappa shape index (κ1) is 18.1. The van der Waals surface area contributed by atoms with Gasteiger partial charge in [0, 0.05) is 17.4 Å². The van der Waals surface area contributed by atoms with Crippen molar-refractivity contribution in [2.75, 3.05) is 0 Å². The minimum absolute atomic E-state index is 0.141. The highest BCUT2D eigenvalue weighted by molar-refractivity contribution is 7.71. The number of aromatic nitrogens is 2. The third kappa shape index (κ3) is 3.01. The van der Waals surface area contributed by atoms with Crippen molar-refractivity contribution >= 4 is 35.8 Å². The predicted octanol–water partition coefficient (Wildman–Crippen LogP) is 4.73. The molecule has 6 heteroatoms. The van der Waals surface area contributed by atoms with E-state index in [0.717, 1.165) is 34.4 Å². The molecule has 1 aliphatic rings. The van der Waals surface area contributed by atoms with Gasteiger partial charge in [0.2, 0.25) is 5.88 Å². The minimum atomic E-state index is -0.438. The molecule has 0 saturated heterocycles. The molecule has 3 aromatic rings. The van der Waals surface area contributed by atoms with E-state index in [1.165, 1.54) is 4.57 Å². The number of benzene rings is 2. The number of fused-ring (bicyclic) bond motifs is 1. The molecule has 0 bridgehead atoms. The summed E-state index contributed by atoms with van der Waals surface area (Å²) in [6, 6.07) is 13.5. The van der Waals surface area contributed by atoms with Gasteiger partial charge >= 0.3 is 0 Å². The molecule has 0 radical (unpaired) electrons. The first-order chi connectivity index (χ1) is 13.5. The Balaban J connectivity index is 1.90. The molecule has 0 amide bonds. The first-order valence-electron chi connectivity index (χ1n) is 9.03. The smallest absolute Gasteiger partial charge is 0.262 e. The topological polar surface area (TPSA) is 70.4 Å². The Labute approximate surface area is 167 Å². The second-order valence-electron chi connectivity index (χ2n) is 6.69. The average molecular weight is 389 g/mol. The number of aryl methyl sites for hydroxylation is 2. The van der Waals surface area contributed by atoms with Gasteiger partial charge in [0.1, 0.15) is 5.56 Å². The summed E-state index contributed by atoms with van der Waals surface area (Å²) in [5.41, 5.74) is 5.26. The summed E-state index contributed by atoms with van der Waals surface area (Å²) in [5.74, 6) is -0.196. The van der Waals surface area contributed by atoms with Crippen LogP contribution in [0.5, 0.6) is 5.88 Å². The van der Waals surface area contributed by atoms with Gasteiger partial charge in [0.25, 0.3) is 5.56 Å². The van der Waals surface area contributed by atoms with Crippen molar-refractivity contribution in [2.24, 2.45) is 4.99 Å². The van der Waals surface area contributed by atoms with Gasteiger partial charge in [-0.1, -0.05) is 42.8 Å². The molecule has 1 aliphatic heterocycles. The number of hydrogen-bond donors (Lipinski definition) is 2. The monoisotopic (exact) mass is 389 g/mol. The SMILES string of the molecule is CCc1cccc2c1N=CC2=Cc1c(O)n(-c2ccc(C)cc2)c(=S)[nH]c1=O. The Bertz CT molecular complexity index is 1250. The van der Waals surface area contributed by atoms with Gasteiger partial charge in [-0.15, -0.1) is 0 Å². The summed E-state index contributed by atoms with van der Waals surface area (Å²) in [4.78, 5) is 19.7. The molecule has 140 valence electrons. The van der Waals surface area contributed by atoms with Crippen LogP contribution in [-0.2, 0) is 6.42 Å². The molecule has 28 heavy (non-hydrogen) atoms. The molecule has 5 nitrogen and oxygen atoms in total. The van der Waals surface area contributed by atoms with Crippen LogP contribution in [0.2, 0.25) is 0 Å². The number of nitrogens with one attached hydrogen (secondary N) is 1. The average Bonchev–Trinajstić information content (AvgIpc) is 3.09. The Hall–Kier alpha value is -3.25. The Morgan fingerprint density at radius 2 is 1.96 bits per heavy atom. The third-order valence-corrected chi connectivity index (χ3v) is 5.14. The molecule has 0 saturated carbocycles. The minimum Gasteiger partial charge on any atom is -0.494 e. The predicted molar refractivity (Wildman–Crippen MR) is 115 cm³/mol. The molecule has 1 aromatic heterocycles. The number of aromatic amines is 1. The molecule has 0 fully saturated rings. The van der Waals surface area contributed by atoms with E-state index in [9.17, 15) is 9.90 Å². The van der Waals surface area contributed by atoms with Crippen molar-refractivity contribution in [3.63, 3.8) is 0 Å². The number of aromatic hydroxyl groups is 1. The number of rotatable bonds is 3. The van der Waals surface area contributed by atoms with Gasteiger partial charge < -0.3 is 5.11 Å². The lowest BCUT2D eigenvalue weighted by Crippen LogP contribution is -2.16. The van der Waals surface area contributed by atoms with Crippen LogP contribution in [0.25, 0.3) is 17.3 Å². The number of allylic oxidation sites excluding steroid dienone is 1. The zero-order valence-corrected chi connectivity index (χ0v) is 16.4. The number of nitrogens with zero attached hydrogens (tertiary/aromatic N) is 2. The molecule has 2 N–H and O–H groups in total. The molecule has 2 aromatic carbocycles. The molecule has 0 unspecified atom stereocenters.